The van der Waals surface area contributed by atoms with E-state index in [-0.39, 0.29) is 18.3 Å². The van der Waals surface area contributed by atoms with Gasteiger partial charge in [0.15, 0.2) is 0 Å². The maximum atomic E-state index is 12.6. The maximum absolute atomic E-state index is 12.6. The van der Waals surface area contributed by atoms with Gasteiger partial charge >= 0.3 is 0 Å². The van der Waals surface area contributed by atoms with Crippen molar-refractivity contribution in [1.29, 1.82) is 0 Å². The third-order valence-corrected chi connectivity index (χ3v) is 4.20. The van der Waals surface area contributed by atoms with Crippen LogP contribution >= 0.6 is 12.4 Å². The highest BCUT2D eigenvalue weighted by atomic mass is 35.5. The van der Waals surface area contributed by atoms with Gasteiger partial charge in [-0.1, -0.05) is 19.4 Å². The first-order valence-electron chi connectivity index (χ1n) is 7.27. The number of hydrogen-bond acceptors (Lipinski definition) is 2. The number of carbonyl (C=O) groups is 1. The van der Waals surface area contributed by atoms with Gasteiger partial charge in [-0.3, -0.25) is 4.79 Å². The van der Waals surface area contributed by atoms with E-state index in [1.54, 1.807) is 6.07 Å². The minimum Gasteiger partial charge on any atom is -0.399 e. The normalized spacial score (nSPS) is 19.1. The van der Waals surface area contributed by atoms with E-state index in [1.165, 1.54) is 12.8 Å². The summed E-state index contributed by atoms with van der Waals surface area (Å²) < 4.78 is 0. The van der Waals surface area contributed by atoms with Gasteiger partial charge in [-0.05, 0) is 49.8 Å². The van der Waals surface area contributed by atoms with Crippen LogP contribution in [-0.4, -0.2) is 23.9 Å². The molecule has 0 spiro atoms. The van der Waals surface area contributed by atoms with Gasteiger partial charge in [-0.25, -0.2) is 0 Å². The summed E-state index contributed by atoms with van der Waals surface area (Å²) >= 11 is 0. The van der Waals surface area contributed by atoms with E-state index >= 15 is 0 Å². The summed E-state index contributed by atoms with van der Waals surface area (Å²) in [4.78, 5) is 14.6. The Morgan fingerprint density at radius 2 is 2.10 bits per heavy atom. The summed E-state index contributed by atoms with van der Waals surface area (Å²) in [6, 6.07) is 5.58. The Labute approximate surface area is 127 Å². The Morgan fingerprint density at radius 3 is 2.80 bits per heavy atom. The predicted molar refractivity (Wildman–Crippen MR) is 86.4 cm³/mol. The largest absolute Gasteiger partial charge is 0.399 e. The Balaban J connectivity index is 0.00000200. The minimum atomic E-state index is 0. The molecular formula is C16H25ClN2O. The van der Waals surface area contributed by atoms with Crippen molar-refractivity contribution in [1.82, 2.24) is 4.90 Å². The Bertz CT molecular complexity index is 462. The molecule has 112 valence electrons. The van der Waals surface area contributed by atoms with Crippen LogP contribution in [-0.2, 0) is 0 Å². The summed E-state index contributed by atoms with van der Waals surface area (Å²) in [5.74, 6) is 0.918. The average Bonchev–Trinajstić information content (AvgIpc) is 2.66. The number of nitrogens with zero attached hydrogens (tertiary/aromatic N) is 1. The molecule has 1 aliphatic heterocycles. The quantitative estimate of drug-likeness (QED) is 0.847. The molecule has 2 rings (SSSR count). The van der Waals surface area contributed by atoms with Crippen LogP contribution in [0.4, 0.5) is 5.69 Å². The van der Waals surface area contributed by atoms with Crippen LogP contribution in [0.3, 0.4) is 0 Å². The number of anilines is 1. The second kappa shape index (κ2) is 7.53. The van der Waals surface area contributed by atoms with Crippen molar-refractivity contribution in [2.45, 2.75) is 39.5 Å². The van der Waals surface area contributed by atoms with E-state index in [4.69, 9.17) is 5.73 Å². The molecule has 4 heteroatoms. The number of benzene rings is 1. The van der Waals surface area contributed by atoms with Crippen molar-refractivity contribution in [3.63, 3.8) is 0 Å². The lowest BCUT2D eigenvalue weighted by Gasteiger charge is -2.21. The molecule has 1 heterocycles. The van der Waals surface area contributed by atoms with Gasteiger partial charge in [-0.15, -0.1) is 12.4 Å². The first kappa shape index (κ1) is 16.8. The lowest BCUT2D eigenvalue weighted by atomic mass is 9.98. The van der Waals surface area contributed by atoms with E-state index < -0.39 is 0 Å². The first-order chi connectivity index (χ1) is 9.11. The topological polar surface area (TPSA) is 46.3 Å². The van der Waals surface area contributed by atoms with Gasteiger partial charge in [0.05, 0.1) is 0 Å². The predicted octanol–water partition coefficient (Wildman–Crippen LogP) is 3.65. The molecule has 1 aromatic carbocycles. The molecule has 1 aromatic rings. The van der Waals surface area contributed by atoms with Crippen LogP contribution in [0.5, 0.6) is 0 Å². The molecule has 1 unspecified atom stereocenters. The number of amides is 1. The van der Waals surface area contributed by atoms with Gasteiger partial charge in [0.1, 0.15) is 0 Å². The Hall–Kier alpha value is -1.22. The van der Waals surface area contributed by atoms with E-state index in [0.717, 1.165) is 43.0 Å². The first-order valence-corrected chi connectivity index (χ1v) is 7.27. The van der Waals surface area contributed by atoms with Crippen LogP contribution in [0.1, 0.15) is 48.5 Å². The highest BCUT2D eigenvalue weighted by Crippen LogP contribution is 2.22. The van der Waals surface area contributed by atoms with Crippen molar-refractivity contribution in [3.05, 3.63) is 29.3 Å². The lowest BCUT2D eigenvalue weighted by Crippen LogP contribution is -2.32. The van der Waals surface area contributed by atoms with Crippen molar-refractivity contribution >= 4 is 24.0 Å². The number of aryl methyl sites for hydroxylation is 1. The van der Waals surface area contributed by atoms with Crippen molar-refractivity contribution < 1.29 is 4.79 Å². The van der Waals surface area contributed by atoms with E-state index in [2.05, 4.69) is 6.92 Å². The summed E-state index contributed by atoms with van der Waals surface area (Å²) in [6.07, 6.45) is 4.71. The summed E-state index contributed by atoms with van der Waals surface area (Å²) in [7, 11) is 0. The molecule has 0 bridgehead atoms. The molecule has 1 atom stereocenters. The van der Waals surface area contributed by atoms with E-state index in [9.17, 15) is 4.79 Å². The number of carbonyl (C=O) groups excluding carboxylic acids is 1. The van der Waals surface area contributed by atoms with Crippen molar-refractivity contribution in [2.24, 2.45) is 5.92 Å². The van der Waals surface area contributed by atoms with Crippen LogP contribution < -0.4 is 5.73 Å². The number of nitrogen functional groups attached to an aromatic ring is 1. The Kier molecular flexibility index (Phi) is 6.34. The number of hydrogen-bond donors (Lipinski definition) is 1. The molecule has 1 saturated heterocycles. The number of rotatable bonds is 2. The molecule has 0 aliphatic carbocycles. The zero-order chi connectivity index (χ0) is 13.8. The van der Waals surface area contributed by atoms with Crippen molar-refractivity contribution in [3.8, 4) is 0 Å². The van der Waals surface area contributed by atoms with Gasteiger partial charge in [0.2, 0.25) is 0 Å². The van der Waals surface area contributed by atoms with Gasteiger partial charge in [0.25, 0.3) is 5.91 Å². The second-order valence-corrected chi connectivity index (χ2v) is 5.57. The smallest absolute Gasteiger partial charge is 0.254 e. The Morgan fingerprint density at radius 1 is 1.35 bits per heavy atom. The number of likely N-dealkylation sites (tertiary alicyclic amines) is 1. The monoisotopic (exact) mass is 296 g/mol. The van der Waals surface area contributed by atoms with Gasteiger partial charge < -0.3 is 10.6 Å². The van der Waals surface area contributed by atoms with E-state index in [1.807, 2.05) is 24.0 Å². The van der Waals surface area contributed by atoms with E-state index in [0.29, 0.717) is 5.69 Å². The molecule has 3 nitrogen and oxygen atoms in total. The van der Waals surface area contributed by atoms with Crippen LogP contribution in [0.25, 0.3) is 0 Å². The molecule has 2 N–H and O–H groups in total. The minimum absolute atomic E-state index is 0. The zero-order valence-corrected chi connectivity index (χ0v) is 13.2. The highest BCUT2D eigenvalue weighted by Gasteiger charge is 2.21. The standard InChI is InChI=1S/C16H24N2O.ClH/c1-3-13-5-4-9-18(10-8-13)16(19)15-11-14(17)7-6-12(15)2;/h6-7,11,13H,3-5,8-10,17H2,1-2H3;1H. The molecule has 1 aliphatic rings. The fourth-order valence-electron chi connectivity index (χ4n) is 2.82. The van der Waals surface area contributed by atoms with Crippen LogP contribution in [0.15, 0.2) is 18.2 Å². The summed E-state index contributed by atoms with van der Waals surface area (Å²) in [5.41, 5.74) is 8.23. The summed E-state index contributed by atoms with van der Waals surface area (Å²) in [6.45, 7) is 5.97. The van der Waals surface area contributed by atoms with Crippen LogP contribution in [0, 0.1) is 12.8 Å². The SMILES string of the molecule is CCC1CCCN(C(=O)c2cc(N)ccc2C)CC1.Cl. The van der Waals surface area contributed by atoms with Crippen LogP contribution in [0.2, 0.25) is 0 Å². The second-order valence-electron chi connectivity index (χ2n) is 5.57. The molecule has 20 heavy (non-hydrogen) atoms. The zero-order valence-electron chi connectivity index (χ0n) is 12.4. The highest BCUT2D eigenvalue weighted by molar-refractivity contribution is 5.96. The third kappa shape index (κ3) is 3.89. The van der Waals surface area contributed by atoms with Gasteiger partial charge in [-0.2, -0.15) is 0 Å². The fraction of sp³-hybridized carbons (Fsp3) is 0.562. The van der Waals surface area contributed by atoms with Gasteiger partial charge in [0, 0.05) is 24.3 Å². The molecule has 0 saturated carbocycles. The molecule has 0 radical (unpaired) electrons. The fourth-order valence-corrected chi connectivity index (χ4v) is 2.82. The lowest BCUT2D eigenvalue weighted by molar-refractivity contribution is 0.0759. The third-order valence-electron chi connectivity index (χ3n) is 4.20. The molecule has 1 fully saturated rings. The summed E-state index contributed by atoms with van der Waals surface area (Å²) in [5, 5.41) is 0. The number of nitrogens with two attached hydrogens (primary N) is 1. The number of halogens is 1. The maximum Gasteiger partial charge on any atom is 0.254 e. The van der Waals surface area contributed by atoms with Crippen molar-refractivity contribution in [2.75, 3.05) is 18.8 Å². The average molecular weight is 297 g/mol. The molecule has 0 aromatic heterocycles. The molecule has 1 amide bonds. The molecular weight excluding hydrogens is 272 g/mol.